The third-order valence-electron chi connectivity index (χ3n) is 2.69. The molecule has 0 unspecified atom stereocenters. The molecule has 0 aliphatic rings. The maximum absolute atomic E-state index is 11.8. The average Bonchev–Trinajstić information content (AvgIpc) is 2.47. The van der Waals surface area contributed by atoms with Gasteiger partial charge in [0.1, 0.15) is 5.75 Å². The first-order valence-electron chi connectivity index (χ1n) is 6.34. The summed E-state index contributed by atoms with van der Waals surface area (Å²) in [6, 6.07) is 10.4. The van der Waals surface area contributed by atoms with Crippen LogP contribution in [0.25, 0.3) is 0 Å². The maximum atomic E-state index is 11.8. The van der Waals surface area contributed by atoms with Crippen LogP contribution in [0.3, 0.4) is 0 Å². The molecular formula is C15H16N2O3. The quantitative estimate of drug-likeness (QED) is 0.818. The minimum absolute atomic E-state index is 0.126. The zero-order valence-corrected chi connectivity index (χ0v) is 11.2. The van der Waals surface area contributed by atoms with Crippen molar-refractivity contribution in [3.8, 4) is 5.75 Å². The van der Waals surface area contributed by atoms with Crippen molar-refractivity contribution >= 4 is 11.7 Å². The van der Waals surface area contributed by atoms with Gasteiger partial charge < -0.3 is 15.2 Å². The number of hydrogen-bond acceptors (Lipinski definition) is 5. The van der Waals surface area contributed by atoms with Crippen molar-refractivity contribution in [1.29, 1.82) is 0 Å². The number of nitrogens with zero attached hydrogens (tertiary/aromatic N) is 1. The van der Waals surface area contributed by atoms with Gasteiger partial charge in [0.25, 0.3) is 0 Å². The lowest BCUT2D eigenvalue weighted by Gasteiger charge is -2.10. The molecule has 1 aromatic carbocycles. The third kappa shape index (κ3) is 3.47. The molecule has 5 nitrogen and oxygen atoms in total. The lowest BCUT2D eigenvalue weighted by atomic mass is 10.1. The number of carbonyl (C=O) groups excluding carboxylic acids is 1. The van der Waals surface area contributed by atoms with Crippen LogP contribution in [0.2, 0.25) is 0 Å². The highest BCUT2D eigenvalue weighted by Gasteiger charge is 2.11. The van der Waals surface area contributed by atoms with E-state index in [-0.39, 0.29) is 11.7 Å². The van der Waals surface area contributed by atoms with E-state index >= 15 is 0 Å². The van der Waals surface area contributed by atoms with E-state index in [0.29, 0.717) is 24.4 Å². The minimum atomic E-state index is -0.353. The highest BCUT2D eigenvalue weighted by Crippen LogP contribution is 2.17. The molecule has 0 amide bonds. The molecule has 0 saturated carbocycles. The van der Waals surface area contributed by atoms with Crippen molar-refractivity contribution in [1.82, 2.24) is 4.98 Å². The smallest absolute Gasteiger partial charge is 0.340 e. The summed E-state index contributed by atoms with van der Waals surface area (Å²) in [6.07, 6.45) is 1.38. The predicted octanol–water partition coefficient (Wildman–Crippen LogP) is 2.58. The zero-order chi connectivity index (χ0) is 14.4. The van der Waals surface area contributed by atoms with Gasteiger partial charge >= 0.3 is 5.97 Å². The molecule has 0 saturated heterocycles. The first kappa shape index (κ1) is 13.9. The van der Waals surface area contributed by atoms with Crippen LogP contribution >= 0.6 is 0 Å². The summed E-state index contributed by atoms with van der Waals surface area (Å²) in [5, 5.41) is 12.3. The number of benzene rings is 1. The number of aromatic nitrogens is 1. The summed E-state index contributed by atoms with van der Waals surface area (Å²) < 4.78 is 5.01. The Balaban J connectivity index is 2.09. The van der Waals surface area contributed by atoms with Crippen LogP contribution in [0.4, 0.5) is 5.69 Å². The van der Waals surface area contributed by atoms with Gasteiger partial charge in [-0.25, -0.2) is 4.79 Å². The van der Waals surface area contributed by atoms with Crippen molar-refractivity contribution in [2.24, 2.45) is 0 Å². The second kappa shape index (κ2) is 6.56. The Kier molecular flexibility index (Phi) is 4.55. The fraction of sp³-hybridized carbons (Fsp3) is 0.200. The summed E-state index contributed by atoms with van der Waals surface area (Å²) in [7, 11) is 0. The molecule has 0 atom stereocenters. The molecule has 0 spiro atoms. The van der Waals surface area contributed by atoms with E-state index in [1.54, 1.807) is 31.2 Å². The van der Waals surface area contributed by atoms with Gasteiger partial charge in [0.05, 0.1) is 30.6 Å². The molecule has 0 radical (unpaired) electrons. The first-order valence-corrected chi connectivity index (χ1v) is 6.34. The SMILES string of the molecule is CCOC(=O)c1ccccc1NCc1ccc(O)cn1. The number of carbonyl (C=O) groups is 1. The molecule has 20 heavy (non-hydrogen) atoms. The Bertz CT molecular complexity index is 582. The minimum Gasteiger partial charge on any atom is -0.506 e. The molecule has 1 aromatic heterocycles. The van der Waals surface area contributed by atoms with Crippen LogP contribution in [0.15, 0.2) is 42.6 Å². The van der Waals surface area contributed by atoms with Crippen LogP contribution in [-0.4, -0.2) is 22.7 Å². The van der Waals surface area contributed by atoms with Gasteiger partial charge in [-0.15, -0.1) is 0 Å². The summed E-state index contributed by atoms with van der Waals surface area (Å²) in [5.74, 6) is -0.227. The number of anilines is 1. The molecule has 104 valence electrons. The van der Waals surface area contributed by atoms with E-state index in [1.165, 1.54) is 6.20 Å². The molecule has 0 aliphatic carbocycles. The summed E-state index contributed by atoms with van der Waals surface area (Å²) >= 11 is 0. The summed E-state index contributed by atoms with van der Waals surface area (Å²) in [5.41, 5.74) is 1.95. The monoisotopic (exact) mass is 272 g/mol. The van der Waals surface area contributed by atoms with E-state index in [2.05, 4.69) is 10.3 Å². The number of aromatic hydroxyl groups is 1. The Morgan fingerprint density at radius 1 is 1.30 bits per heavy atom. The number of esters is 1. The molecule has 5 heteroatoms. The fourth-order valence-corrected chi connectivity index (χ4v) is 1.73. The summed E-state index contributed by atoms with van der Waals surface area (Å²) in [6.45, 7) is 2.57. The topological polar surface area (TPSA) is 71.5 Å². The van der Waals surface area contributed by atoms with Crippen molar-refractivity contribution < 1.29 is 14.6 Å². The number of pyridine rings is 1. The van der Waals surface area contributed by atoms with Crippen LogP contribution in [-0.2, 0) is 11.3 Å². The van der Waals surface area contributed by atoms with Crippen molar-refractivity contribution in [2.75, 3.05) is 11.9 Å². The second-order valence-electron chi connectivity index (χ2n) is 4.13. The Hall–Kier alpha value is -2.56. The number of ether oxygens (including phenoxy) is 1. The van der Waals surface area contributed by atoms with Gasteiger partial charge in [-0.1, -0.05) is 12.1 Å². The normalized spacial score (nSPS) is 10.1. The number of rotatable bonds is 5. The van der Waals surface area contributed by atoms with Gasteiger partial charge in [-0.2, -0.15) is 0 Å². The van der Waals surface area contributed by atoms with Gasteiger partial charge in [0, 0.05) is 5.69 Å². The highest BCUT2D eigenvalue weighted by molar-refractivity contribution is 5.95. The molecule has 0 fully saturated rings. The standard InChI is InChI=1S/C15H16N2O3/c1-2-20-15(19)13-5-3-4-6-14(13)17-9-11-7-8-12(18)10-16-11/h3-8,10,17-18H,2,9H2,1H3. The second-order valence-corrected chi connectivity index (χ2v) is 4.13. The largest absolute Gasteiger partial charge is 0.506 e. The molecular weight excluding hydrogens is 256 g/mol. The van der Waals surface area contributed by atoms with Gasteiger partial charge in [-0.05, 0) is 31.2 Å². The lowest BCUT2D eigenvalue weighted by Crippen LogP contribution is -2.10. The van der Waals surface area contributed by atoms with Crippen molar-refractivity contribution in [2.45, 2.75) is 13.5 Å². The fourth-order valence-electron chi connectivity index (χ4n) is 1.73. The Morgan fingerprint density at radius 2 is 2.10 bits per heavy atom. The van der Waals surface area contributed by atoms with Gasteiger partial charge in [-0.3, -0.25) is 4.98 Å². The van der Waals surface area contributed by atoms with Crippen LogP contribution < -0.4 is 5.32 Å². The van der Waals surface area contributed by atoms with Crippen molar-refractivity contribution in [3.05, 3.63) is 53.9 Å². The Morgan fingerprint density at radius 3 is 2.80 bits per heavy atom. The van der Waals surface area contributed by atoms with E-state index in [4.69, 9.17) is 4.74 Å². The Labute approximate surface area is 117 Å². The molecule has 2 aromatic rings. The molecule has 0 aliphatic heterocycles. The van der Waals surface area contributed by atoms with Gasteiger partial charge in [0.2, 0.25) is 0 Å². The molecule has 1 heterocycles. The van der Waals surface area contributed by atoms with Crippen LogP contribution in [0.1, 0.15) is 23.0 Å². The summed E-state index contributed by atoms with van der Waals surface area (Å²) in [4.78, 5) is 15.9. The van der Waals surface area contributed by atoms with Crippen LogP contribution in [0.5, 0.6) is 5.75 Å². The molecule has 0 bridgehead atoms. The zero-order valence-electron chi connectivity index (χ0n) is 11.2. The number of para-hydroxylation sites is 1. The number of hydrogen-bond donors (Lipinski definition) is 2. The average molecular weight is 272 g/mol. The predicted molar refractivity (Wildman–Crippen MR) is 75.6 cm³/mol. The van der Waals surface area contributed by atoms with E-state index in [0.717, 1.165) is 5.69 Å². The molecule has 2 N–H and O–H groups in total. The van der Waals surface area contributed by atoms with E-state index in [9.17, 15) is 9.90 Å². The third-order valence-corrected chi connectivity index (χ3v) is 2.69. The lowest BCUT2D eigenvalue weighted by molar-refractivity contribution is 0.0527. The van der Waals surface area contributed by atoms with Crippen LogP contribution in [0, 0.1) is 0 Å². The first-order chi connectivity index (χ1) is 9.70. The van der Waals surface area contributed by atoms with Gasteiger partial charge in [0.15, 0.2) is 0 Å². The maximum Gasteiger partial charge on any atom is 0.340 e. The van der Waals surface area contributed by atoms with Crippen molar-refractivity contribution in [3.63, 3.8) is 0 Å². The molecule has 2 rings (SSSR count). The highest BCUT2D eigenvalue weighted by atomic mass is 16.5. The van der Waals surface area contributed by atoms with E-state index in [1.807, 2.05) is 12.1 Å². The number of nitrogens with one attached hydrogen (secondary N) is 1. The van der Waals surface area contributed by atoms with E-state index < -0.39 is 0 Å².